The van der Waals surface area contributed by atoms with Gasteiger partial charge < -0.3 is 14.7 Å². The van der Waals surface area contributed by atoms with Crippen LogP contribution in [0, 0.1) is 0 Å². The Morgan fingerprint density at radius 1 is 0.941 bits per heavy atom. The molecule has 1 unspecified atom stereocenters. The molecule has 0 aromatic heterocycles. The van der Waals surface area contributed by atoms with Crippen molar-refractivity contribution in [3.63, 3.8) is 0 Å². The molecule has 0 spiro atoms. The predicted molar refractivity (Wildman–Crippen MR) is 126 cm³/mol. The van der Waals surface area contributed by atoms with Crippen LogP contribution in [0.25, 0.3) is 0 Å². The molecule has 2 heterocycles. The average molecular weight is 487 g/mol. The van der Waals surface area contributed by atoms with E-state index in [0.717, 1.165) is 5.56 Å². The van der Waals surface area contributed by atoms with Crippen molar-refractivity contribution in [1.82, 2.24) is 9.80 Å². The molecule has 9 heteroatoms. The number of likely N-dealkylation sites (tertiary alicyclic amines) is 2. The molecule has 1 N–H and O–H groups in total. The molecule has 8 nitrogen and oxygen atoms in total. The second-order valence-electron chi connectivity index (χ2n) is 8.79. The van der Waals surface area contributed by atoms with E-state index in [9.17, 15) is 23.1 Å². The Balaban J connectivity index is 1.40. The third kappa shape index (κ3) is 5.42. The van der Waals surface area contributed by atoms with Crippen molar-refractivity contribution in [2.75, 3.05) is 18.8 Å². The maximum atomic E-state index is 13.4. The number of carbonyl (C=O) groups is 2. The first-order chi connectivity index (χ1) is 16.4. The molecule has 0 bridgehead atoms. The van der Waals surface area contributed by atoms with Crippen molar-refractivity contribution in [2.45, 2.75) is 55.4 Å². The fraction of sp³-hybridized carbons (Fsp3) is 0.440. The number of aliphatic hydroxyl groups excluding tert-OH is 1. The van der Waals surface area contributed by atoms with E-state index in [0.29, 0.717) is 38.8 Å². The van der Waals surface area contributed by atoms with Gasteiger partial charge in [0.25, 0.3) is 0 Å². The van der Waals surface area contributed by atoms with Crippen LogP contribution in [0.4, 0.5) is 4.79 Å². The lowest BCUT2D eigenvalue weighted by molar-refractivity contribution is -0.138. The van der Waals surface area contributed by atoms with Gasteiger partial charge in [-0.05, 0) is 43.4 Å². The highest BCUT2D eigenvalue weighted by molar-refractivity contribution is 7.91. The van der Waals surface area contributed by atoms with Crippen molar-refractivity contribution in [3.8, 4) is 0 Å². The highest BCUT2D eigenvalue weighted by Crippen LogP contribution is 2.28. The minimum absolute atomic E-state index is 0.124. The summed E-state index contributed by atoms with van der Waals surface area (Å²) < 4.78 is 30.9. The normalized spacial score (nSPS) is 21.4. The number of ether oxygens (including phenoxy) is 1. The topological polar surface area (TPSA) is 104 Å². The third-order valence-corrected chi connectivity index (χ3v) is 8.27. The minimum Gasteiger partial charge on any atom is -0.445 e. The Hall–Kier alpha value is -2.91. The fourth-order valence-electron chi connectivity index (χ4n) is 4.76. The zero-order chi connectivity index (χ0) is 24.1. The van der Waals surface area contributed by atoms with Gasteiger partial charge in [0, 0.05) is 13.1 Å². The van der Waals surface area contributed by atoms with Gasteiger partial charge in [-0.1, -0.05) is 48.5 Å². The number of aliphatic hydroxyl groups is 1. The number of amides is 2. The van der Waals surface area contributed by atoms with Crippen LogP contribution in [0.1, 0.15) is 31.2 Å². The summed E-state index contributed by atoms with van der Waals surface area (Å²) in [6.07, 6.45) is 0.632. The molecular weight excluding hydrogens is 456 g/mol. The molecule has 2 aliphatic rings. The first-order valence-electron chi connectivity index (χ1n) is 11.6. The first kappa shape index (κ1) is 24.2. The standard InChI is InChI=1S/C25H30N2O6S/c28-23(18-34(31,32)20-11-5-2-6-12-20)21-13-7-15-26(21)24(29)22-14-8-16-27(22)25(30)33-17-19-9-3-1-4-10-19/h1-6,9-12,21-23,28H,7-8,13-18H2/t21-,22+,23?/m0/s1. The molecule has 2 aromatic carbocycles. The molecule has 34 heavy (non-hydrogen) atoms. The van der Waals surface area contributed by atoms with Gasteiger partial charge in [0.15, 0.2) is 9.84 Å². The zero-order valence-electron chi connectivity index (χ0n) is 19.0. The highest BCUT2D eigenvalue weighted by Gasteiger charge is 2.43. The first-order valence-corrected chi connectivity index (χ1v) is 13.3. The Kier molecular flexibility index (Phi) is 7.53. The molecule has 0 aliphatic carbocycles. The third-order valence-electron chi connectivity index (χ3n) is 6.50. The van der Waals surface area contributed by atoms with E-state index in [1.165, 1.54) is 17.0 Å². The lowest BCUT2D eigenvalue weighted by Crippen LogP contribution is -2.52. The van der Waals surface area contributed by atoms with Gasteiger partial charge in [0.2, 0.25) is 5.91 Å². The van der Waals surface area contributed by atoms with E-state index >= 15 is 0 Å². The van der Waals surface area contributed by atoms with E-state index in [4.69, 9.17) is 4.74 Å². The Morgan fingerprint density at radius 3 is 2.26 bits per heavy atom. The summed E-state index contributed by atoms with van der Waals surface area (Å²) in [5.41, 5.74) is 0.861. The molecular formula is C25H30N2O6S. The molecule has 2 aliphatic heterocycles. The van der Waals surface area contributed by atoms with Crippen LogP contribution in [-0.4, -0.2) is 72.4 Å². The molecule has 2 aromatic rings. The summed E-state index contributed by atoms with van der Waals surface area (Å²) in [5.74, 6) is -0.716. The summed E-state index contributed by atoms with van der Waals surface area (Å²) in [4.78, 5) is 29.3. The molecule has 2 saturated heterocycles. The smallest absolute Gasteiger partial charge is 0.410 e. The Morgan fingerprint density at radius 2 is 1.56 bits per heavy atom. The fourth-order valence-corrected chi connectivity index (χ4v) is 6.20. The van der Waals surface area contributed by atoms with Crippen LogP contribution in [0.5, 0.6) is 0 Å². The van der Waals surface area contributed by atoms with Crippen molar-refractivity contribution in [1.29, 1.82) is 0 Å². The molecule has 0 saturated carbocycles. The number of hydrogen-bond acceptors (Lipinski definition) is 6. The molecule has 4 rings (SSSR count). The summed E-state index contributed by atoms with van der Waals surface area (Å²) in [7, 11) is -3.70. The largest absolute Gasteiger partial charge is 0.445 e. The van der Waals surface area contributed by atoms with E-state index in [1.54, 1.807) is 23.1 Å². The lowest BCUT2D eigenvalue weighted by atomic mass is 10.1. The maximum absolute atomic E-state index is 13.4. The van der Waals surface area contributed by atoms with E-state index < -0.39 is 39.9 Å². The van der Waals surface area contributed by atoms with Gasteiger partial charge in [0.05, 0.1) is 22.8 Å². The van der Waals surface area contributed by atoms with E-state index in [-0.39, 0.29) is 17.4 Å². The van der Waals surface area contributed by atoms with Crippen LogP contribution in [0.3, 0.4) is 0 Å². The SMILES string of the molecule is O=C(OCc1ccccc1)N1CCC[C@@H]1C(=O)N1CCC[C@H]1C(O)CS(=O)(=O)c1ccccc1. The van der Waals surface area contributed by atoms with Crippen molar-refractivity contribution >= 4 is 21.8 Å². The molecule has 182 valence electrons. The number of nitrogens with zero attached hydrogens (tertiary/aromatic N) is 2. The van der Waals surface area contributed by atoms with Gasteiger partial charge in [-0.25, -0.2) is 13.2 Å². The predicted octanol–water partition coefficient (Wildman–Crippen LogP) is 2.61. The van der Waals surface area contributed by atoms with Crippen molar-refractivity contribution in [3.05, 3.63) is 66.2 Å². The van der Waals surface area contributed by atoms with Gasteiger partial charge in [-0.2, -0.15) is 0 Å². The second-order valence-corrected chi connectivity index (χ2v) is 10.8. The number of benzene rings is 2. The van der Waals surface area contributed by atoms with Gasteiger partial charge in [0.1, 0.15) is 12.6 Å². The number of sulfone groups is 1. The average Bonchev–Trinajstić information content (AvgIpc) is 3.53. The minimum atomic E-state index is -3.70. The number of hydrogen-bond donors (Lipinski definition) is 1. The monoisotopic (exact) mass is 486 g/mol. The van der Waals surface area contributed by atoms with Crippen LogP contribution in [0.2, 0.25) is 0 Å². The molecule has 3 atom stereocenters. The van der Waals surface area contributed by atoms with E-state index in [1.807, 2.05) is 30.3 Å². The number of carbonyl (C=O) groups excluding carboxylic acids is 2. The van der Waals surface area contributed by atoms with Crippen LogP contribution < -0.4 is 0 Å². The highest BCUT2D eigenvalue weighted by atomic mass is 32.2. The van der Waals surface area contributed by atoms with Crippen LogP contribution in [-0.2, 0) is 26.0 Å². The van der Waals surface area contributed by atoms with Gasteiger partial charge >= 0.3 is 6.09 Å². The number of rotatable bonds is 7. The second kappa shape index (κ2) is 10.6. The maximum Gasteiger partial charge on any atom is 0.410 e. The zero-order valence-corrected chi connectivity index (χ0v) is 19.8. The molecule has 2 amide bonds. The van der Waals surface area contributed by atoms with Crippen molar-refractivity contribution < 1.29 is 27.9 Å². The molecule has 2 fully saturated rings. The van der Waals surface area contributed by atoms with Gasteiger partial charge in [-0.15, -0.1) is 0 Å². The van der Waals surface area contributed by atoms with E-state index in [2.05, 4.69) is 0 Å². The Labute approximate surface area is 200 Å². The lowest BCUT2D eigenvalue weighted by Gasteiger charge is -2.33. The van der Waals surface area contributed by atoms with Gasteiger partial charge in [-0.3, -0.25) is 9.69 Å². The summed E-state index contributed by atoms with van der Waals surface area (Å²) in [6.45, 7) is 0.975. The summed E-state index contributed by atoms with van der Waals surface area (Å²) in [6, 6.07) is 16.1. The summed E-state index contributed by atoms with van der Waals surface area (Å²) in [5, 5.41) is 10.8. The quantitative estimate of drug-likeness (QED) is 0.645. The van der Waals surface area contributed by atoms with Crippen LogP contribution in [0.15, 0.2) is 65.6 Å². The van der Waals surface area contributed by atoms with Crippen LogP contribution >= 0.6 is 0 Å². The Bertz CT molecular complexity index is 1090. The molecule has 0 radical (unpaired) electrons. The summed E-state index contributed by atoms with van der Waals surface area (Å²) >= 11 is 0. The van der Waals surface area contributed by atoms with Crippen molar-refractivity contribution in [2.24, 2.45) is 0 Å².